The molecule has 3 aromatic rings. The van der Waals surface area contributed by atoms with E-state index in [1.54, 1.807) is 32.3 Å². The van der Waals surface area contributed by atoms with Crippen molar-refractivity contribution < 1.29 is 14.3 Å². The molecule has 0 radical (unpaired) electrons. The van der Waals surface area contributed by atoms with Gasteiger partial charge in [0, 0.05) is 30.7 Å². The van der Waals surface area contributed by atoms with Gasteiger partial charge in [-0.05, 0) is 43.2 Å². The number of rotatable bonds is 5. The lowest BCUT2D eigenvalue weighted by Crippen LogP contribution is -2.22. The van der Waals surface area contributed by atoms with Crippen LogP contribution in [0.3, 0.4) is 0 Å². The van der Waals surface area contributed by atoms with E-state index in [2.05, 4.69) is 10.3 Å². The zero-order valence-electron chi connectivity index (χ0n) is 17.4. The van der Waals surface area contributed by atoms with Gasteiger partial charge in [-0.15, -0.1) is 0 Å². The van der Waals surface area contributed by atoms with E-state index in [-0.39, 0.29) is 11.8 Å². The zero-order valence-corrected chi connectivity index (χ0v) is 17.4. The van der Waals surface area contributed by atoms with Gasteiger partial charge in [0.15, 0.2) is 0 Å². The Hall–Kier alpha value is -3.41. The van der Waals surface area contributed by atoms with Crippen LogP contribution in [-0.2, 0) is 6.42 Å². The molecule has 0 aliphatic carbocycles. The van der Waals surface area contributed by atoms with Crippen molar-refractivity contribution in [3.63, 3.8) is 0 Å². The lowest BCUT2D eigenvalue weighted by molar-refractivity contribution is 0.0827. The number of carbonyl (C=O) groups is 2. The van der Waals surface area contributed by atoms with Gasteiger partial charge in [0.2, 0.25) is 0 Å². The maximum atomic E-state index is 13.3. The van der Waals surface area contributed by atoms with Crippen molar-refractivity contribution in [2.45, 2.75) is 20.3 Å². The molecule has 0 unspecified atom stereocenters. The number of pyridine rings is 1. The van der Waals surface area contributed by atoms with E-state index in [1.807, 2.05) is 38.1 Å². The Kier molecular flexibility index (Phi) is 5.82. The number of aryl methyl sites for hydroxylation is 1. The zero-order chi connectivity index (χ0) is 21.1. The van der Waals surface area contributed by atoms with E-state index in [4.69, 9.17) is 4.74 Å². The second-order valence-electron chi connectivity index (χ2n) is 7.00. The van der Waals surface area contributed by atoms with Crippen molar-refractivity contribution in [2.24, 2.45) is 0 Å². The van der Waals surface area contributed by atoms with Gasteiger partial charge in [-0.1, -0.05) is 25.1 Å². The number of carbonyl (C=O) groups excluding carboxylic acids is 2. The van der Waals surface area contributed by atoms with Gasteiger partial charge in [-0.2, -0.15) is 0 Å². The summed E-state index contributed by atoms with van der Waals surface area (Å²) in [5.41, 5.74) is 4.02. The van der Waals surface area contributed by atoms with E-state index in [9.17, 15) is 9.59 Å². The third-order valence-electron chi connectivity index (χ3n) is 4.90. The summed E-state index contributed by atoms with van der Waals surface area (Å²) in [6.45, 7) is 3.93. The Bertz CT molecular complexity index is 1090. The molecule has 0 saturated carbocycles. The number of para-hydroxylation sites is 1. The van der Waals surface area contributed by atoms with Gasteiger partial charge in [-0.3, -0.25) is 14.6 Å². The number of hydrogen-bond donors (Lipinski definition) is 1. The topological polar surface area (TPSA) is 71.5 Å². The van der Waals surface area contributed by atoms with Gasteiger partial charge in [-0.25, -0.2) is 0 Å². The predicted octanol–water partition coefficient (Wildman–Crippen LogP) is 4.07. The minimum absolute atomic E-state index is 0.151. The fourth-order valence-electron chi connectivity index (χ4n) is 3.38. The first-order valence-corrected chi connectivity index (χ1v) is 9.46. The van der Waals surface area contributed by atoms with E-state index >= 15 is 0 Å². The lowest BCUT2D eigenvalue weighted by Gasteiger charge is -2.17. The Morgan fingerprint density at radius 2 is 1.86 bits per heavy atom. The largest absolute Gasteiger partial charge is 0.495 e. The molecule has 29 heavy (non-hydrogen) atoms. The van der Waals surface area contributed by atoms with E-state index < -0.39 is 0 Å². The highest BCUT2D eigenvalue weighted by Crippen LogP contribution is 2.29. The molecule has 3 rings (SSSR count). The molecule has 6 nitrogen and oxygen atoms in total. The molecule has 0 saturated heterocycles. The van der Waals surface area contributed by atoms with Crippen molar-refractivity contribution in [1.29, 1.82) is 0 Å². The number of hydrogen-bond acceptors (Lipinski definition) is 4. The summed E-state index contributed by atoms with van der Waals surface area (Å²) in [5.74, 6) is 0.0749. The van der Waals surface area contributed by atoms with Crippen LogP contribution in [0.4, 0.5) is 5.69 Å². The summed E-state index contributed by atoms with van der Waals surface area (Å²) in [5, 5.41) is 3.72. The van der Waals surface area contributed by atoms with Crippen LogP contribution in [0.2, 0.25) is 0 Å². The van der Waals surface area contributed by atoms with Crippen molar-refractivity contribution in [3.8, 4) is 5.75 Å². The normalized spacial score (nSPS) is 10.7. The van der Waals surface area contributed by atoms with Crippen LogP contribution in [0, 0.1) is 6.92 Å². The number of amides is 2. The molecule has 1 heterocycles. The van der Waals surface area contributed by atoms with E-state index in [0.29, 0.717) is 22.6 Å². The van der Waals surface area contributed by atoms with Crippen molar-refractivity contribution in [1.82, 2.24) is 9.88 Å². The number of aromatic nitrogens is 1. The van der Waals surface area contributed by atoms with Crippen LogP contribution < -0.4 is 10.1 Å². The Morgan fingerprint density at radius 1 is 1.14 bits per heavy atom. The van der Waals surface area contributed by atoms with Crippen LogP contribution >= 0.6 is 0 Å². The van der Waals surface area contributed by atoms with Crippen LogP contribution in [-0.4, -0.2) is 42.9 Å². The Labute approximate surface area is 170 Å². The Morgan fingerprint density at radius 3 is 2.52 bits per heavy atom. The molecule has 0 atom stereocenters. The second kappa shape index (κ2) is 8.31. The number of ether oxygens (including phenoxy) is 1. The molecular weight excluding hydrogens is 366 g/mol. The van der Waals surface area contributed by atoms with Crippen LogP contribution in [0.25, 0.3) is 10.9 Å². The van der Waals surface area contributed by atoms with E-state index in [0.717, 1.165) is 28.6 Å². The molecule has 0 spiro atoms. The first-order valence-electron chi connectivity index (χ1n) is 9.46. The molecule has 2 aromatic carbocycles. The predicted molar refractivity (Wildman–Crippen MR) is 115 cm³/mol. The average molecular weight is 391 g/mol. The highest BCUT2D eigenvalue weighted by atomic mass is 16.5. The molecule has 0 aliphatic rings. The minimum Gasteiger partial charge on any atom is -0.495 e. The molecule has 1 aromatic heterocycles. The number of fused-ring (bicyclic) bond motifs is 1. The van der Waals surface area contributed by atoms with Gasteiger partial charge >= 0.3 is 0 Å². The number of methoxy groups -OCH3 is 1. The molecule has 150 valence electrons. The Balaban J connectivity index is 2.08. The summed E-state index contributed by atoms with van der Waals surface area (Å²) in [4.78, 5) is 31.8. The highest BCUT2D eigenvalue weighted by Gasteiger charge is 2.20. The second-order valence-corrected chi connectivity index (χ2v) is 7.00. The highest BCUT2D eigenvalue weighted by molar-refractivity contribution is 6.14. The van der Waals surface area contributed by atoms with Crippen molar-refractivity contribution >= 4 is 28.4 Å². The molecular formula is C23H25N3O3. The van der Waals surface area contributed by atoms with Gasteiger partial charge < -0.3 is 15.0 Å². The van der Waals surface area contributed by atoms with Gasteiger partial charge in [0.05, 0.1) is 23.9 Å². The first-order chi connectivity index (χ1) is 13.9. The van der Waals surface area contributed by atoms with Crippen molar-refractivity contribution in [3.05, 3.63) is 64.8 Å². The van der Waals surface area contributed by atoms with Crippen LogP contribution in [0.1, 0.15) is 38.9 Å². The third kappa shape index (κ3) is 3.92. The van der Waals surface area contributed by atoms with Crippen molar-refractivity contribution in [2.75, 3.05) is 26.5 Å². The monoisotopic (exact) mass is 391 g/mol. The number of nitrogens with one attached hydrogen (secondary N) is 1. The standard InChI is InChI=1S/C23H25N3O3/c1-6-17-14(2)21(16-9-7-8-10-18(16)24-17)22(27)25-19-13-15(23(28)26(3)4)11-12-20(19)29-5/h7-13H,6H2,1-5H3,(H,25,27). The first kappa shape index (κ1) is 20.3. The summed E-state index contributed by atoms with van der Waals surface area (Å²) in [6, 6.07) is 12.6. The molecule has 6 heteroatoms. The lowest BCUT2D eigenvalue weighted by atomic mass is 9.99. The van der Waals surface area contributed by atoms with Crippen LogP contribution in [0.15, 0.2) is 42.5 Å². The minimum atomic E-state index is -0.261. The average Bonchev–Trinajstić information content (AvgIpc) is 2.72. The number of anilines is 1. The molecule has 1 N–H and O–H groups in total. The molecule has 0 fully saturated rings. The van der Waals surface area contributed by atoms with Gasteiger partial charge in [0.25, 0.3) is 11.8 Å². The molecule has 2 amide bonds. The SMILES string of the molecule is CCc1nc2ccccc2c(C(=O)Nc2cc(C(=O)N(C)C)ccc2OC)c1C. The fraction of sp³-hybridized carbons (Fsp3) is 0.261. The fourth-order valence-corrected chi connectivity index (χ4v) is 3.38. The summed E-state index contributed by atoms with van der Waals surface area (Å²) in [6.07, 6.45) is 0.729. The van der Waals surface area contributed by atoms with Crippen LogP contribution in [0.5, 0.6) is 5.75 Å². The third-order valence-corrected chi connectivity index (χ3v) is 4.90. The summed E-state index contributed by atoms with van der Waals surface area (Å²) < 4.78 is 5.39. The van der Waals surface area contributed by atoms with E-state index in [1.165, 1.54) is 12.0 Å². The maximum Gasteiger partial charge on any atom is 0.256 e. The number of benzene rings is 2. The maximum absolute atomic E-state index is 13.3. The smallest absolute Gasteiger partial charge is 0.256 e. The molecule has 0 bridgehead atoms. The van der Waals surface area contributed by atoms with Gasteiger partial charge in [0.1, 0.15) is 5.75 Å². The molecule has 0 aliphatic heterocycles. The summed E-state index contributed by atoms with van der Waals surface area (Å²) in [7, 11) is 4.90. The summed E-state index contributed by atoms with van der Waals surface area (Å²) >= 11 is 0. The number of nitrogens with zero attached hydrogens (tertiary/aromatic N) is 2. The quantitative estimate of drug-likeness (QED) is 0.712.